The van der Waals surface area contributed by atoms with E-state index in [1.165, 1.54) is 24.4 Å². The standard InChI is InChI=1S/C22H20F3N3O2/c23-22(24,25)19-4-2-1-3-16(19)13-27-12-11-15-5-8-18(9-6-15)30-20-10-7-17(14-28-20)21(26)29/h1-10,14,27H,11-13H2,(H2,26,29). The summed E-state index contributed by atoms with van der Waals surface area (Å²) in [5.41, 5.74) is 6.08. The Balaban J connectivity index is 1.49. The number of rotatable bonds is 8. The highest BCUT2D eigenvalue weighted by Gasteiger charge is 2.32. The van der Waals surface area contributed by atoms with E-state index in [-0.39, 0.29) is 12.1 Å². The van der Waals surface area contributed by atoms with Gasteiger partial charge >= 0.3 is 6.18 Å². The average molecular weight is 415 g/mol. The van der Waals surface area contributed by atoms with Crippen molar-refractivity contribution in [3.63, 3.8) is 0 Å². The van der Waals surface area contributed by atoms with Crippen LogP contribution in [0.15, 0.2) is 66.9 Å². The Morgan fingerprint density at radius 2 is 1.77 bits per heavy atom. The average Bonchev–Trinajstić information content (AvgIpc) is 2.72. The molecule has 30 heavy (non-hydrogen) atoms. The van der Waals surface area contributed by atoms with Crippen molar-refractivity contribution < 1.29 is 22.7 Å². The number of alkyl halides is 3. The number of carbonyl (C=O) groups excluding carboxylic acids is 1. The maximum Gasteiger partial charge on any atom is 0.416 e. The Morgan fingerprint density at radius 3 is 2.40 bits per heavy atom. The summed E-state index contributed by atoms with van der Waals surface area (Å²) in [5, 5.41) is 3.05. The molecule has 0 saturated heterocycles. The van der Waals surface area contributed by atoms with Gasteiger partial charge in [-0.2, -0.15) is 13.2 Å². The van der Waals surface area contributed by atoms with Gasteiger partial charge in [-0.1, -0.05) is 30.3 Å². The molecule has 1 amide bonds. The van der Waals surface area contributed by atoms with Gasteiger partial charge in [0.15, 0.2) is 0 Å². The SMILES string of the molecule is NC(=O)c1ccc(Oc2ccc(CCNCc3ccccc3C(F)(F)F)cc2)nc1. The molecule has 0 saturated carbocycles. The summed E-state index contributed by atoms with van der Waals surface area (Å²) in [7, 11) is 0. The largest absolute Gasteiger partial charge is 0.439 e. The molecule has 0 aliphatic rings. The summed E-state index contributed by atoms with van der Waals surface area (Å²) < 4.78 is 44.6. The summed E-state index contributed by atoms with van der Waals surface area (Å²) in [6.45, 7) is 0.673. The third kappa shape index (κ3) is 5.81. The van der Waals surface area contributed by atoms with Crippen molar-refractivity contribution in [1.82, 2.24) is 10.3 Å². The number of ether oxygens (including phenoxy) is 1. The summed E-state index contributed by atoms with van der Waals surface area (Å²) in [6, 6.07) is 15.9. The molecule has 3 N–H and O–H groups in total. The maximum absolute atomic E-state index is 13.0. The first-order valence-electron chi connectivity index (χ1n) is 9.21. The molecule has 3 aromatic rings. The number of hydrogen-bond acceptors (Lipinski definition) is 4. The van der Waals surface area contributed by atoms with Gasteiger partial charge in [0.05, 0.1) is 11.1 Å². The van der Waals surface area contributed by atoms with Crippen molar-refractivity contribution in [3.8, 4) is 11.6 Å². The lowest BCUT2D eigenvalue weighted by molar-refractivity contribution is -0.138. The minimum absolute atomic E-state index is 0.143. The number of nitrogens with two attached hydrogens (primary N) is 1. The van der Waals surface area contributed by atoms with Crippen molar-refractivity contribution in [2.45, 2.75) is 19.1 Å². The van der Waals surface area contributed by atoms with E-state index in [1.54, 1.807) is 24.3 Å². The topological polar surface area (TPSA) is 77.2 Å². The number of pyridine rings is 1. The minimum Gasteiger partial charge on any atom is -0.439 e. The Bertz CT molecular complexity index is 988. The summed E-state index contributed by atoms with van der Waals surface area (Å²) >= 11 is 0. The predicted octanol–water partition coefficient (Wildman–Crippen LogP) is 4.32. The number of nitrogens with one attached hydrogen (secondary N) is 1. The number of primary amides is 1. The van der Waals surface area contributed by atoms with Crippen molar-refractivity contribution >= 4 is 5.91 Å². The molecular weight excluding hydrogens is 395 g/mol. The number of aromatic nitrogens is 1. The van der Waals surface area contributed by atoms with Gasteiger partial charge in [-0.3, -0.25) is 4.79 Å². The number of amides is 1. The van der Waals surface area contributed by atoms with E-state index in [2.05, 4.69) is 10.3 Å². The first kappa shape index (κ1) is 21.3. The van der Waals surface area contributed by atoms with Crippen LogP contribution in [0.4, 0.5) is 13.2 Å². The van der Waals surface area contributed by atoms with E-state index >= 15 is 0 Å². The van der Waals surface area contributed by atoms with E-state index in [9.17, 15) is 18.0 Å². The first-order chi connectivity index (χ1) is 14.3. The molecule has 0 aliphatic heterocycles. The molecule has 0 atom stereocenters. The van der Waals surface area contributed by atoms with Crippen LogP contribution < -0.4 is 15.8 Å². The second kappa shape index (κ2) is 9.41. The highest BCUT2D eigenvalue weighted by Crippen LogP contribution is 2.31. The van der Waals surface area contributed by atoms with Gasteiger partial charge in [-0.15, -0.1) is 0 Å². The molecule has 0 fully saturated rings. The molecular formula is C22H20F3N3O2. The van der Waals surface area contributed by atoms with E-state index in [1.807, 2.05) is 12.1 Å². The molecule has 3 rings (SSSR count). The zero-order valence-electron chi connectivity index (χ0n) is 15.9. The molecule has 1 aromatic heterocycles. The van der Waals surface area contributed by atoms with Crippen LogP contribution in [0.2, 0.25) is 0 Å². The molecule has 8 heteroatoms. The fourth-order valence-electron chi connectivity index (χ4n) is 2.84. The van der Waals surface area contributed by atoms with E-state index in [0.29, 0.717) is 30.2 Å². The minimum atomic E-state index is -4.36. The van der Waals surface area contributed by atoms with Gasteiger partial charge in [-0.05, 0) is 48.4 Å². The van der Waals surface area contributed by atoms with E-state index in [0.717, 1.165) is 11.6 Å². The van der Waals surface area contributed by atoms with Crippen LogP contribution in [0.3, 0.4) is 0 Å². The number of nitrogens with zero attached hydrogens (tertiary/aromatic N) is 1. The van der Waals surface area contributed by atoms with Gasteiger partial charge in [0.2, 0.25) is 11.8 Å². The zero-order valence-corrected chi connectivity index (χ0v) is 15.9. The van der Waals surface area contributed by atoms with Gasteiger partial charge in [0.25, 0.3) is 0 Å². The lowest BCUT2D eigenvalue weighted by Gasteiger charge is -2.13. The lowest BCUT2D eigenvalue weighted by atomic mass is 10.1. The number of hydrogen-bond donors (Lipinski definition) is 2. The Morgan fingerprint density at radius 1 is 1.03 bits per heavy atom. The van der Waals surface area contributed by atoms with Crippen LogP contribution in [-0.2, 0) is 19.1 Å². The van der Waals surface area contributed by atoms with Crippen molar-refractivity contribution in [2.24, 2.45) is 5.73 Å². The fraction of sp³-hybridized carbons (Fsp3) is 0.182. The van der Waals surface area contributed by atoms with Crippen LogP contribution >= 0.6 is 0 Å². The van der Waals surface area contributed by atoms with Crippen LogP contribution in [0, 0.1) is 0 Å². The van der Waals surface area contributed by atoms with E-state index < -0.39 is 17.6 Å². The third-order valence-corrected chi connectivity index (χ3v) is 4.40. The number of halogens is 3. The van der Waals surface area contributed by atoms with Gasteiger partial charge < -0.3 is 15.8 Å². The predicted molar refractivity (Wildman–Crippen MR) is 106 cm³/mol. The van der Waals surface area contributed by atoms with Gasteiger partial charge in [0.1, 0.15) is 5.75 Å². The highest BCUT2D eigenvalue weighted by molar-refractivity contribution is 5.92. The van der Waals surface area contributed by atoms with Gasteiger partial charge in [0, 0.05) is 18.8 Å². The van der Waals surface area contributed by atoms with Crippen molar-refractivity contribution in [1.29, 1.82) is 0 Å². The molecule has 0 aliphatic carbocycles. The van der Waals surface area contributed by atoms with Crippen LogP contribution in [0.5, 0.6) is 11.6 Å². The fourth-order valence-corrected chi connectivity index (χ4v) is 2.84. The zero-order chi connectivity index (χ0) is 21.6. The molecule has 0 radical (unpaired) electrons. The second-order valence-electron chi connectivity index (χ2n) is 6.58. The molecule has 0 spiro atoms. The normalized spacial score (nSPS) is 11.3. The summed E-state index contributed by atoms with van der Waals surface area (Å²) in [5.74, 6) is 0.344. The quantitative estimate of drug-likeness (QED) is 0.537. The highest BCUT2D eigenvalue weighted by atomic mass is 19.4. The summed E-state index contributed by atoms with van der Waals surface area (Å²) in [6.07, 6.45) is -2.36. The Kier molecular flexibility index (Phi) is 6.68. The van der Waals surface area contributed by atoms with Gasteiger partial charge in [-0.25, -0.2) is 4.98 Å². The lowest BCUT2D eigenvalue weighted by Crippen LogP contribution is -2.19. The third-order valence-electron chi connectivity index (χ3n) is 4.40. The second-order valence-corrected chi connectivity index (χ2v) is 6.58. The number of benzene rings is 2. The first-order valence-corrected chi connectivity index (χ1v) is 9.21. The number of carbonyl (C=O) groups is 1. The van der Waals surface area contributed by atoms with Crippen LogP contribution in [-0.4, -0.2) is 17.4 Å². The molecule has 1 heterocycles. The molecule has 156 valence electrons. The Labute approximate surface area is 171 Å². The van der Waals surface area contributed by atoms with Crippen LogP contribution in [0.25, 0.3) is 0 Å². The maximum atomic E-state index is 13.0. The molecule has 5 nitrogen and oxygen atoms in total. The van der Waals surface area contributed by atoms with E-state index in [4.69, 9.17) is 10.5 Å². The van der Waals surface area contributed by atoms with Crippen molar-refractivity contribution in [3.05, 3.63) is 89.1 Å². The molecule has 0 bridgehead atoms. The summed E-state index contributed by atoms with van der Waals surface area (Å²) in [4.78, 5) is 15.1. The van der Waals surface area contributed by atoms with Crippen LogP contribution in [0.1, 0.15) is 27.0 Å². The molecule has 2 aromatic carbocycles. The van der Waals surface area contributed by atoms with Crippen molar-refractivity contribution in [2.75, 3.05) is 6.54 Å². The molecule has 0 unspecified atom stereocenters. The Hall–Kier alpha value is -3.39. The smallest absolute Gasteiger partial charge is 0.416 e. The monoisotopic (exact) mass is 415 g/mol.